The van der Waals surface area contributed by atoms with E-state index in [0.29, 0.717) is 11.8 Å². The van der Waals surface area contributed by atoms with Crippen LogP contribution in [0, 0.1) is 5.92 Å². The Hall–Kier alpha value is -1.13. The molecule has 4 heterocycles. The van der Waals surface area contributed by atoms with Crippen LogP contribution in [0.15, 0.2) is 23.0 Å². The molecule has 0 unspecified atom stereocenters. The molecule has 2 fully saturated rings. The van der Waals surface area contributed by atoms with E-state index in [-0.39, 0.29) is 5.56 Å². The summed E-state index contributed by atoms with van der Waals surface area (Å²) in [4.78, 5) is 17.2. The van der Waals surface area contributed by atoms with Crippen molar-refractivity contribution in [2.75, 3.05) is 33.2 Å². The minimum absolute atomic E-state index is 0.190. The zero-order chi connectivity index (χ0) is 14.4. The third-order valence-electron chi connectivity index (χ3n) is 5.71. The fourth-order valence-electron chi connectivity index (χ4n) is 4.59. The molecule has 4 rings (SSSR count). The zero-order valence-corrected chi connectivity index (χ0v) is 12.9. The maximum absolute atomic E-state index is 12.1. The molecule has 0 saturated carbocycles. The van der Waals surface area contributed by atoms with Gasteiger partial charge < -0.3 is 9.47 Å². The molecule has 0 N–H and O–H groups in total. The van der Waals surface area contributed by atoms with E-state index in [1.165, 1.54) is 44.6 Å². The van der Waals surface area contributed by atoms with E-state index in [4.69, 9.17) is 0 Å². The van der Waals surface area contributed by atoms with Crippen molar-refractivity contribution in [1.82, 2.24) is 14.4 Å². The smallest absolute Gasteiger partial charge is 0.250 e. The maximum Gasteiger partial charge on any atom is 0.250 e. The molecule has 1 aromatic rings. The second-order valence-corrected chi connectivity index (χ2v) is 7.19. The third kappa shape index (κ3) is 2.44. The molecule has 2 atom stereocenters. The molecule has 114 valence electrons. The van der Waals surface area contributed by atoms with E-state index in [2.05, 4.69) is 22.9 Å². The van der Waals surface area contributed by atoms with E-state index < -0.39 is 0 Å². The summed E-state index contributed by atoms with van der Waals surface area (Å²) in [6, 6.07) is 6.57. The molecule has 0 aliphatic carbocycles. The number of fused-ring (bicyclic) bond motifs is 4. The van der Waals surface area contributed by atoms with Gasteiger partial charge in [0.05, 0.1) is 0 Å². The first-order chi connectivity index (χ1) is 10.2. The van der Waals surface area contributed by atoms with Crippen LogP contribution in [0.5, 0.6) is 0 Å². The highest BCUT2D eigenvalue weighted by molar-refractivity contribution is 5.17. The third-order valence-corrected chi connectivity index (χ3v) is 5.71. The van der Waals surface area contributed by atoms with Crippen LogP contribution < -0.4 is 5.56 Å². The number of pyridine rings is 1. The highest BCUT2D eigenvalue weighted by atomic mass is 16.1. The second-order valence-electron chi connectivity index (χ2n) is 7.19. The van der Waals surface area contributed by atoms with Crippen molar-refractivity contribution in [3.8, 4) is 0 Å². The predicted octanol–water partition coefficient (Wildman–Crippen LogP) is 1.36. The summed E-state index contributed by atoms with van der Waals surface area (Å²) >= 11 is 0. The molecule has 4 heteroatoms. The summed E-state index contributed by atoms with van der Waals surface area (Å²) in [6.07, 6.45) is 3.88. The Morgan fingerprint density at radius 1 is 1.10 bits per heavy atom. The average Bonchev–Trinajstić information content (AvgIpc) is 2.49. The number of nitrogens with zero attached hydrogens (tertiary/aromatic N) is 3. The van der Waals surface area contributed by atoms with Gasteiger partial charge in [0, 0.05) is 43.4 Å². The Kier molecular flexibility index (Phi) is 3.38. The molecule has 21 heavy (non-hydrogen) atoms. The van der Waals surface area contributed by atoms with Gasteiger partial charge in [-0.1, -0.05) is 6.07 Å². The van der Waals surface area contributed by atoms with E-state index in [1.54, 1.807) is 6.07 Å². The van der Waals surface area contributed by atoms with E-state index in [9.17, 15) is 4.79 Å². The topological polar surface area (TPSA) is 28.5 Å². The highest BCUT2D eigenvalue weighted by Gasteiger charge is 2.37. The SMILES string of the molecule is CN1CCC(N2C[C@H]3C[C@@H](C2)c2cccc(=O)n2C3)CC1. The Morgan fingerprint density at radius 2 is 1.90 bits per heavy atom. The van der Waals surface area contributed by atoms with Gasteiger partial charge in [0.15, 0.2) is 0 Å². The number of rotatable bonds is 1. The van der Waals surface area contributed by atoms with Gasteiger partial charge in [-0.25, -0.2) is 0 Å². The quantitative estimate of drug-likeness (QED) is 0.781. The van der Waals surface area contributed by atoms with Crippen molar-refractivity contribution in [3.05, 3.63) is 34.2 Å². The summed E-state index contributed by atoms with van der Waals surface area (Å²) in [7, 11) is 2.23. The first-order valence-corrected chi connectivity index (χ1v) is 8.33. The van der Waals surface area contributed by atoms with E-state index in [0.717, 1.165) is 19.1 Å². The Balaban J connectivity index is 1.55. The number of hydrogen-bond donors (Lipinski definition) is 0. The van der Waals surface area contributed by atoms with Gasteiger partial charge in [-0.2, -0.15) is 0 Å². The van der Waals surface area contributed by atoms with Crippen LogP contribution in [0.4, 0.5) is 0 Å². The van der Waals surface area contributed by atoms with Crippen LogP contribution >= 0.6 is 0 Å². The van der Waals surface area contributed by atoms with Gasteiger partial charge in [0.2, 0.25) is 0 Å². The Morgan fingerprint density at radius 3 is 2.71 bits per heavy atom. The number of aromatic nitrogens is 1. The summed E-state index contributed by atoms with van der Waals surface area (Å²) in [6.45, 7) is 5.72. The molecule has 1 aromatic heterocycles. The lowest BCUT2D eigenvalue weighted by molar-refractivity contribution is 0.0517. The molecule has 3 aliphatic rings. The van der Waals surface area contributed by atoms with Gasteiger partial charge in [0.25, 0.3) is 5.56 Å². The summed E-state index contributed by atoms with van der Waals surface area (Å²) in [5, 5.41) is 0. The highest BCUT2D eigenvalue weighted by Crippen LogP contribution is 2.36. The lowest BCUT2D eigenvalue weighted by Crippen LogP contribution is -2.52. The monoisotopic (exact) mass is 287 g/mol. The molecule has 2 bridgehead atoms. The summed E-state index contributed by atoms with van der Waals surface area (Å²) in [5.74, 6) is 1.22. The molecule has 0 spiro atoms. The van der Waals surface area contributed by atoms with Crippen LogP contribution in [0.3, 0.4) is 0 Å². The van der Waals surface area contributed by atoms with Crippen molar-refractivity contribution in [3.63, 3.8) is 0 Å². The van der Waals surface area contributed by atoms with Crippen molar-refractivity contribution < 1.29 is 0 Å². The van der Waals surface area contributed by atoms with E-state index in [1.807, 2.05) is 10.6 Å². The fraction of sp³-hybridized carbons (Fsp3) is 0.706. The van der Waals surface area contributed by atoms with Crippen molar-refractivity contribution in [1.29, 1.82) is 0 Å². The largest absolute Gasteiger partial charge is 0.312 e. The molecular weight excluding hydrogens is 262 g/mol. The molecular formula is C17H25N3O. The minimum Gasteiger partial charge on any atom is -0.312 e. The minimum atomic E-state index is 0.190. The van der Waals surface area contributed by atoms with Crippen LogP contribution in [0.1, 0.15) is 30.9 Å². The van der Waals surface area contributed by atoms with E-state index >= 15 is 0 Å². The standard InChI is InChI=1S/C17H25N3O/c1-18-7-5-15(6-8-18)19-10-13-9-14(12-19)16-3-2-4-17(21)20(16)11-13/h2-4,13-15H,5-12H2,1H3/t13-,14+/m1/s1. The van der Waals surface area contributed by atoms with Crippen molar-refractivity contribution >= 4 is 0 Å². The van der Waals surface area contributed by atoms with Crippen LogP contribution in [-0.4, -0.2) is 53.6 Å². The van der Waals surface area contributed by atoms with Crippen LogP contribution in [-0.2, 0) is 6.54 Å². The molecule has 3 aliphatic heterocycles. The Bertz CT molecular complexity index is 574. The maximum atomic E-state index is 12.1. The van der Waals surface area contributed by atoms with Gasteiger partial charge in [-0.05, 0) is 51.4 Å². The van der Waals surface area contributed by atoms with Gasteiger partial charge in [0.1, 0.15) is 0 Å². The number of piperidine rings is 2. The first-order valence-electron chi connectivity index (χ1n) is 8.33. The van der Waals surface area contributed by atoms with Crippen molar-refractivity contribution in [2.45, 2.75) is 37.8 Å². The lowest BCUT2D eigenvalue weighted by atomic mass is 9.82. The molecule has 0 aromatic carbocycles. The van der Waals surface area contributed by atoms with Crippen LogP contribution in [0.2, 0.25) is 0 Å². The fourth-order valence-corrected chi connectivity index (χ4v) is 4.59. The normalized spacial score (nSPS) is 31.1. The Labute approximate surface area is 126 Å². The molecule has 2 saturated heterocycles. The molecule has 4 nitrogen and oxygen atoms in total. The number of likely N-dealkylation sites (tertiary alicyclic amines) is 2. The average molecular weight is 287 g/mol. The lowest BCUT2D eigenvalue weighted by Gasteiger charge is -2.47. The van der Waals surface area contributed by atoms with Gasteiger partial charge >= 0.3 is 0 Å². The summed E-state index contributed by atoms with van der Waals surface area (Å²) in [5.41, 5.74) is 1.46. The zero-order valence-electron chi connectivity index (χ0n) is 12.9. The van der Waals surface area contributed by atoms with Gasteiger partial charge in [-0.3, -0.25) is 9.69 Å². The second kappa shape index (κ2) is 5.25. The molecule has 0 radical (unpaired) electrons. The van der Waals surface area contributed by atoms with Crippen molar-refractivity contribution in [2.24, 2.45) is 5.92 Å². The summed E-state index contributed by atoms with van der Waals surface area (Å²) < 4.78 is 2.03. The molecule has 0 amide bonds. The predicted molar refractivity (Wildman–Crippen MR) is 83.6 cm³/mol. The van der Waals surface area contributed by atoms with Crippen LogP contribution in [0.25, 0.3) is 0 Å². The first kappa shape index (κ1) is 13.5. The number of hydrogen-bond acceptors (Lipinski definition) is 3. The van der Waals surface area contributed by atoms with Gasteiger partial charge in [-0.15, -0.1) is 0 Å².